The van der Waals surface area contributed by atoms with Gasteiger partial charge in [-0.3, -0.25) is 4.79 Å². The van der Waals surface area contributed by atoms with E-state index in [1.54, 1.807) is 0 Å². The lowest BCUT2D eigenvalue weighted by Crippen LogP contribution is -2.25. The van der Waals surface area contributed by atoms with Crippen LogP contribution in [0.5, 0.6) is 5.75 Å². The summed E-state index contributed by atoms with van der Waals surface area (Å²) in [6, 6.07) is 7.68. The first kappa shape index (κ1) is 13.3. The van der Waals surface area contributed by atoms with Gasteiger partial charge in [0.1, 0.15) is 11.4 Å². The molecule has 1 N–H and O–H groups in total. The van der Waals surface area contributed by atoms with Crippen molar-refractivity contribution in [3.05, 3.63) is 42.5 Å². The molecule has 1 amide bonds. The Bertz CT molecular complexity index is 405. The number of rotatable bonds is 4. The Hall–Kier alpha value is -1.77. The molecule has 1 aromatic carbocycles. The molecule has 0 radical (unpaired) electrons. The third-order valence-electron chi connectivity index (χ3n) is 2.03. The van der Waals surface area contributed by atoms with Gasteiger partial charge in [0, 0.05) is 12.1 Å². The molecule has 1 rings (SSSR count). The Morgan fingerprint density at radius 1 is 1.41 bits per heavy atom. The average Bonchev–Trinajstić information content (AvgIpc) is 2.25. The molecule has 0 saturated heterocycles. The number of amides is 1. The molecule has 3 nitrogen and oxygen atoms in total. The largest absolute Gasteiger partial charge is 0.488 e. The normalized spacial score (nSPS) is 10.8. The first-order valence-electron chi connectivity index (χ1n) is 5.59. The van der Waals surface area contributed by atoms with E-state index in [1.165, 1.54) is 6.08 Å². The van der Waals surface area contributed by atoms with Crippen LogP contribution in [0.2, 0.25) is 0 Å². The lowest BCUT2D eigenvalue weighted by Gasteiger charge is -2.23. The van der Waals surface area contributed by atoms with E-state index >= 15 is 0 Å². The maximum Gasteiger partial charge on any atom is 0.243 e. The van der Waals surface area contributed by atoms with Crippen LogP contribution in [-0.4, -0.2) is 11.5 Å². The van der Waals surface area contributed by atoms with Crippen LogP contribution in [0.1, 0.15) is 26.3 Å². The molecule has 1 aromatic rings. The number of hydrogen-bond acceptors (Lipinski definition) is 2. The first-order valence-corrected chi connectivity index (χ1v) is 5.59. The number of para-hydroxylation sites is 1. The van der Waals surface area contributed by atoms with Gasteiger partial charge in [-0.05, 0) is 32.9 Å². The van der Waals surface area contributed by atoms with Gasteiger partial charge in [-0.15, -0.1) is 0 Å². The lowest BCUT2D eigenvalue weighted by molar-refractivity contribution is -0.116. The van der Waals surface area contributed by atoms with Crippen LogP contribution >= 0.6 is 0 Å². The van der Waals surface area contributed by atoms with Crippen LogP contribution in [0.25, 0.3) is 0 Å². The number of nitrogens with one attached hydrogen (secondary N) is 1. The van der Waals surface area contributed by atoms with Crippen LogP contribution in [0.15, 0.2) is 36.9 Å². The first-order chi connectivity index (χ1) is 7.92. The van der Waals surface area contributed by atoms with Crippen molar-refractivity contribution in [1.82, 2.24) is 5.32 Å². The highest BCUT2D eigenvalue weighted by molar-refractivity contribution is 5.86. The summed E-state index contributed by atoms with van der Waals surface area (Å²) >= 11 is 0. The minimum atomic E-state index is -0.251. The zero-order chi connectivity index (χ0) is 12.9. The number of benzene rings is 1. The van der Waals surface area contributed by atoms with Crippen LogP contribution in [0.3, 0.4) is 0 Å². The lowest BCUT2D eigenvalue weighted by atomic mass is 10.1. The van der Waals surface area contributed by atoms with Crippen molar-refractivity contribution in [3.63, 3.8) is 0 Å². The van der Waals surface area contributed by atoms with Crippen molar-refractivity contribution in [3.8, 4) is 5.75 Å². The summed E-state index contributed by atoms with van der Waals surface area (Å²) in [4.78, 5) is 11.1. The number of carbonyl (C=O) groups excluding carboxylic acids is 1. The van der Waals surface area contributed by atoms with Crippen LogP contribution in [-0.2, 0) is 11.3 Å². The van der Waals surface area contributed by atoms with Crippen molar-refractivity contribution in [2.45, 2.75) is 32.9 Å². The van der Waals surface area contributed by atoms with E-state index in [-0.39, 0.29) is 11.5 Å². The molecule has 17 heavy (non-hydrogen) atoms. The van der Waals surface area contributed by atoms with E-state index in [4.69, 9.17) is 4.74 Å². The summed E-state index contributed by atoms with van der Waals surface area (Å²) in [5.74, 6) is 0.611. The van der Waals surface area contributed by atoms with Crippen molar-refractivity contribution < 1.29 is 9.53 Å². The van der Waals surface area contributed by atoms with Gasteiger partial charge in [0.25, 0.3) is 0 Å². The van der Waals surface area contributed by atoms with Gasteiger partial charge in [-0.2, -0.15) is 0 Å². The molecule has 0 aliphatic rings. The standard InChI is InChI=1S/C14H19NO2/c1-5-13(16)15-10-11-8-6-7-9-12(11)17-14(2,3)4/h5-9H,1,10H2,2-4H3,(H,15,16). The average molecular weight is 233 g/mol. The molecular weight excluding hydrogens is 214 g/mol. The zero-order valence-electron chi connectivity index (χ0n) is 10.6. The molecule has 0 aromatic heterocycles. The Morgan fingerprint density at radius 3 is 2.65 bits per heavy atom. The minimum absolute atomic E-state index is 0.185. The molecule has 3 heteroatoms. The van der Waals surface area contributed by atoms with E-state index < -0.39 is 0 Å². The fraction of sp³-hybridized carbons (Fsp3) is 0.357. The van der Waals surface area contributed by atoms with Crippen LogP contribution < -0.4 is 10.1 Å². The van der Waals surface area contributed by atoms with Crippen molar-refractivity contribution in [2.24, 2.45) is 0 Å². The highest BCUT2D eigenvalue weighted by atomic mass is 16.5. The van der Waals surface area contributed by atoms with Gasteiger partial charge in [0.15, 0.2) is 0 Å². The molecule has 0 atom stereocenters. The van der Waals surface area contributed by atoms with Gasteiger partial charge in [0.05, 0.1) is 0 Å². The van der Waals surface area contributed by atoms with Crippen molar-refractivity contribution in [2.75, 3.05) is 0 Å². The third-order valence-corrected chi connectivity index (χ3v) is 2.03. The smallest absolute Gasteiger partial charge is 0.243 e. The summed E-state index contributed by atoms with van der Waals surface area (Å²) in [5.41, 5.74) is 0.705. The zero-order valence-corrected chi connectivity index (χ0v) is 10.6. The maximum absolute atomic E-state index is 11.1. The van der Waals surface area contributed by atoms with Crippen LogP contribution in [0.4, 0.5) is 0 Å². The van der Waals surface area contributed by atoms with Gasteiger partial charge in [0.2, 0.25) is 5.91 Å². The van der Waals surface area contributed by atoms with Gasteiger partial charge < -0.3 is 10.1 Å². The number of carbonyl (C=O) groups is 1. The molecule has 0 spiro atoms. The Balaban J connectivity index is 2.77. The van der Waals surface area contributed by atoms with E-state index in [9.17, 15) is 4.79 Å². The van der Waals surface area contributed by atoms with E-state index in [1.807, 2.05) is 45.0 Å². The SMILES string of the molecule is C=CC(=O)NCc1ccccc1OC(C)(C)C. The number of ether oxygens (including phenoxy) is 1. The Morgan fingerprint density at radius 2 is 2.06 bits per heavy atom. The Labute approximate surface area is 102 Å². The Kier molecular flexibility index (Phi) is 4.32. The van der Waals surface area contributed by atoms with Gasteiger partial charge in [-0.1, -0.05) is 24.8 Å². The molecule has 92 valence electrons. The third kappa shape index (κ3) is 4.72. The van der Waals surface area contributed by atoms with E-state index in [0.29, 0.717) is 6.54 Å². The summed E-state index contributed by atoms with van der Waals surface area (Å²) in [5, 5.41) is 2.74. The summed E-state index contributed by atoms with van der Waals surface area (Å²) in [6.07, 6.45) is 1.26. The maximum atomic E-state index is 11.1. The van der Waals surface area contributed by atoms with Crippen LogP contribution in [0, 0.1) is 0 Å². The van der Waals surface area contributed by atoms with Crippen molar-refractivity contribution >= 4 is 5.91 Å². The van der Waals surface area contributed by atoms with Crippen molar-refractivity contribution in [1.29, 1.82) is 0 Å². The van der Waals surface area contributed by atoms with Gasteiger partial charge in [-0.25, -0.2) is 0 Å². The predicted molar refractivity (Wildman–Crippen MR) is 68.9 cm³/mol. The van der Waals surface area contributed by atoms with Gasteiger partial charge >= 0.3 is 0 Å². The second kappa shape index (κ2) is 5.53. The summed E-state index contributed by atoms with van der Waals surface area (Å²) in [7, 11) is 0. The molecule has 0 aliphatic heterocycles. The summed E-state index contributed by atoms with van der Waals surface area (Å²) < 4.78 is 5.82. The highest BCUT2D eigenvalue weighted by Crippen LogP contribution is 2.22. The second-order valence-electron chi connectivity index (χ2n) is 4.74. The topological polar surface area (TPSA) is 38.3 Å². The fourth-order valence-electron chi connectivity index (χ4n) is 1.33. The quantitative estimate of drug-likeness (QED) is 0.812. The molecule has 0 fully saturated rings. The second-order valence-corrected chi connectivity index (χ2v) is 4.74. The monoisotopic (exact) mass is 233 g/mol. The molecule has 0 aliphatic carbocycles. The summed E-state index contributed by atoms with van der Waals surface area (Å²) in [6.45, 7) is 9.83. The minimum Gasteiger partial charge on any atom is -0.488 e. The molecule has 0 unspecified atom stereocenters. The number of hydrogen-bond donors (Lipinski definition) is 1. The fourth-order valence-corrected chi connectivity index (χ4v) is 1.33. The molecule has 0 saturated carbocycles. The van der Waals surface area contributed by atoms with E-state index in [0.717, 1.165) is 11.3 Å². The predicted octanol–water partition coefficient (Wildman–Crippen LogP) is 2.67. The molecular formula is C14H19NO2. The van der Waals surface area contributed by atoms with E-state index in [2.05, 4.69) is 11.9 Å². The molecule has 0 bridgehead atoms. The molecule has 0 heterocycles. The highest BCUT2D eigenvalue weighted by Gasteiger charge is 2.14.